The molecule has 2 heterocycles. The minimum Gasteiger partial charge on any atom is -0.264 e. The van der Waals surface area contributed by atoms with Gasteiger partial charge in [-0.05, 0) is 30.7 Å². The van der Waals surface area contributed by atoms with Crippen molar-refractivity contribution >= 4 is 27.3 Å². The van der Waals surface area contributed by atoms with Crippen molar-refractivity contribution in [3.8, 4) is 21.8 Å². The quantitative estimate of drug-likeness (QED) is 0.664. The molecule has 0 saturated carbocycles. The largest absolute Gasteiger partial charge is 0.264 e. The highest BCUT2D eigenvalue weighted by Gasteiger charge is 2.08. The summed E-state index contributed by atoms with van der Waals surface area (Å²) in [7, 11) is 0. The molecule has 0 saturated heterocycles. The Kier molecular flexibility index (Phi) is 3.44. The lowest BCUT2D eigenvalue weighted by Gasteiger charge is -2.00. The van der Waals surface area contributed by atoms with Gasteiger partial charge in [-0.15, -0.1) is 11.3 Å². The number of hydrogen-bond acceptors (Lipinski definition) is 3. The van der Waals surface area contributed by atoms with Gasteiger partial charge < -0.3 is 0 Å². The number of nitrogens with zero attached hydrogens (tertiary/aromatic N) is 2. The lowest BCUT2D eigenvalue weighted by molar-refractivity contribution is 1.27. The van der Waals surface area contributed by atoms with Crippen LogP contribution in [-0.4, -0.2) is 9.97 Å². The summed E-state index contributed by atoms with van der Waals surface area (Å²) in [5.41, 5.74) is 4.43. The van der Waals surface area contributed by atoms with Crippen LogP contribution in [0.1, 0.15) is 5.56 Å². The first-order chi connectivity index (χ1) is 9.24. The monoisotopic (exact) mass is 330 g/mol. The molecule has 3 aromatic rings. The molecule has 3 rings (SSSR count). The van der Waals surface area contributed by atoms with Crippen molar-refractivity contribution in [2.75, 3.05) is 0 Å². The number of hydrogen-bond donors (Lipinski definition) is 0. The molecule has 0 amide bonds. The van der Waals surface area contributed by atoms with Crippen molar-refractivity contribution < 1.29 is 0 Å². The van der Waals surface area contributed by atoms with E-state index in [0.29, 0.717) is 0 Å². The SMILES string of the molecule is Cc1ccncc1-c1nc(-c2cccc(Br)c2)cs1. The van der Waals surface area contributed by atoms with Crippen LogP contribution in [0.2, 0.25) is 0 Å². The molecule has 0 unspecified atom stereocenters. The Morgan fingerprint density at radius 3 is 2.89 bits per heavy atom. The van der Waals surface area contributed by atoms with E-state index in [9.17, 15) is 0 Å². The Balaban J connectivity index is 2.03. The zero-order chi connectivity index (χ0) is 13.2. The van der Waals surface area contributed by atoms with Gasteiger partial charge in [0.05, 0.1) is 5.69 Å². The standard InChI is InChI=1S/C15H11BrN2S/c1-10-5-6-17-8-13(10)15-18-14(9-19-15)11-3-2-4-12(16)7-11/h2-9H,1H3. The smallest absolute Gasteiger partial charge is 0.125 e. The summed E-state index contributed by atoms with van der Waals surface area (Å²) < 4.78 is 1.07. The molecular weight excluding hydrogens is 320 g/mol. The number of aromatic nitrogens is 2. The van der Waals surface area contributed by atoms with Crippen LogP contribution in [-0.2, 0) is 0 Å². The van der Waals surface area contributed by atoms with E-state index in [-0.39, 0.29) is 0 Å². The molecule has 4 heteroatoms. The van der Waals surface area contributed by atoms with Gasteiger partial charge in [0, 0.05) is 33.4 Å². The third-order valence-electron chi connectivity index (χ3n) is 2.89. The molecule has 0 aliphatic heterocycles. The van der Waals surface area contributed by atoms with Gasteiger partial charge in [0.25, 0.3) is 0 Å². The van der Waals surface area contributed by atoms with Crippen molar-refractivity contribution in [2.45, 2.75) is 6.92 Å². The summed E-state index contributed by atoms with van der Waals surface area (Å²) in [6, 6.07) is 10.2. The van der Waals surface area contributed by atoms with Crippen molar-refractivity contribution in [1.29, 1.82) is 0 Å². The van der Waals surface area contributed by atoms with Crippen molar-refractivity contribution in [2.24, 2.45) is 0 Å². The fourth-order valence-corrected chi connectivity index (χ4v) is 3.17. The third kappa shape index (κ3) is 2.60. The van der Waals surface area contributed by atoms with Crippen LogP contribution in [0.15, 0.2) is 52.6 Å². The number of pyridine rings is 1. The highest BCUT2D eigenvalue weighted by Crippen LogP contribution is 2.30. The summed E-state index contributed by atoms with van der Waals surface area (Å²) in [5, 5.41) is 3.10. The Labute approximate surface area is 124 Å². The van der Waals surface area contributed by atoms with Crippen LogP contribution in [0.25, 0.3) is 21.8 Å². The van der Waals surface area contributed by atoms with E-state index in [1.807, 2.05) is 30.6 Å². The molecule has 94 valence electrons. The maximum Gasteiger partial charge on any atom is 0.125 e. The second-order valence-corrected chi connectivity index (χ2v) is 6.01. The summed E-state index contributed by atoms with van der Waals surface area (Å²) in [4.78, 5) is 8.89. The van der Waals surface area contributed by atoms with E-state index >= 15 is 0 Å². The third-order valence-corrected chi connectivity index (χ3v) is 4.26. The molecule has 19 heavy (non-hydrogen) atoms. The second kappa shape index (κ2) is 5.23. The predicted molar refractivity (Wildman–Crippen MR) is 83.2 cm³/mol. The van der Waals surface area contributed by atoms with Crippen molar-refractivity contribution in [3.05, 3.63) is 58.1 Å². The van der Waals surface area contributed by atoms with Crippen molar-refractivity contribution in [1.82, 2.24) is 9.97 Å². The lowest BCUT2D eigenvalue weighted by atomic mass is 10.1. The first-order valence-corrected chi connectivity index (χ1v) is 7.54. The Bertz CT molecular complexity index is 721. The normalized spacial score (nSPS) is 10.6. The van der Waals surface area contributed by atoms with Crippen molar-refractivity contribution in [3.63, 3.8) is 0 Å². The van der Waals surface area contributed by atoms with E-state index in [4.69, 9.17) is 4.98 Å². The Morgan fingerprint density at radius 1 is 1.21 bits per heavy atom. The molecule has 0 fully saturated rings. The maximum absolute atomic E-state index is 4.71. The zero-order valence-electron chi connectivity index (χ0n) is 10.3. The van der Waals surface area contributed by atoms with Crippen LogP contribution in [0.5, 0.6) is 0 Å². The number of aryl methyl sites for hydroxylation is 1. The summed E-state index contributed by atoms with van der Waals surface area (Å²) >= 11 is 5.14. The summed E-state index contributed by atoms with van der Waals surface area (Å²) in [5.74, 6) is 0. The van der Waals surface area contributed by atoms with Gasteiger partial charge in [-0.1, -0.05) is 28.1 Å². The fraction of sp³-hybridized carbons (Fsp3) is 0.0667. The summed E-state index contributed by atoms with van der Waals surface area (Å²) in [6.45, 7) is 2.08. The van der Waals surface area contributed by atoms with Crippen LogP contribution < -0.4 is 0 Å². The molecule has 0 aliphatic rings. The van der Waals surface area contributed by atoms with Gasteiger partial charge in [-0.25, -0.2) is 4.98 Å². The molecule has 1 aromatic carbocycles. The minimum atomic E-state index is 1.00. The van der Waals surface area contributed by atoms with E-state index in [1.165, 1.54) is 5.56 Å². The molecule has 2 aromatic heterocycles. The molecule has 0 aliphatic carbocycles. The average molecular weight is 331 g/mol. The number of thiazole rings is 1. The van der Waals surface area contributed by atoms with Crippen LogP contribution in [0.4, 0.5) is 0 Å². The predicted octanol–water partition coefficient (Wildman–Crippen LogP) is 4.94. The van der Waals surface area contributed by atoms with Crippen LogP contribution >= 0.6 is 27.3 Å². The van der Waals surface area contributed by atoms with Gasteiger partial charge in [0.15, 0.2) is 0 Å². The van der Waals surface area contributed by atoms with Gasteiger partial charge in [-0.3, -0.25) is 4.98 Å². The Hall–Kier alpha value is -1.52. The molecule has 0 spiro atoms. The average Bonchev–Trinajstić information content (AvgIpc) is 2.89. The lowest BCUT2D eigenvalue weighted by Crippen LogP contribution is -1.84. The first kappa shape index (κ1) is 12.5. The van der Waals surface area contributed by atoms with E-state index in [0.717, 1.165) is 26.3 Å². The molecule has 2 nitrogen and oxygen atoms in total. The number of halogens is 1. The summed E-state index contributed by atoms with van der Waals surface area (Å²) in [6.07, 6.45) is 3.68. The molecule has 0 radical (unpaired) electrons. The first-order valence-electron chi connectivity index (χ1n) is 5.86. The minimum absolute atomic E-state index is 1.00. The topological polar surface area (TPSA) is 25.8 Å². The van der Waals surface area contributed by atoms with Gasteiger partial charge >= 0.3 is 0 Å². The zero-order valence-corrected chi connectivity index (χ0v) is 12.7. The molecule has 0 N–H and O–H groups in total. The second-order valence-electron chi connectivity index (χ2n) is 4.24. The van der Waals surface area contributed by atoms with Gasteiger partial charge in [-0.2, -0.15) is 0 Å². The van der Waals surface area contributed by atoms with Gasteiger partial charge in [0.2, 0.25) is 0 Å². The van der Waals surface area contributed by atoms with E-state index < -0.39 is 0 Å². The van der Waals surface area contributed by atoms with Crippen LogP contribution in [0.3, 0.4) is 0 Å². The number of rotatable bonds is 2. The number of benzene rings is 1. The van der Waals surface area contributed by atoms with Gasteiger partial charge in [0.1, 0.15) is 5.01 Å². The maximum atomic E-state index is 4.71. The molecular formula is C15H11BrN2S. The molecule has 0 bridgehead atoms. The van der Waals surface area contributed by atoms with Crippen LogP contribution in [0, 0.1) is 6.92 Å². The highest BCUT2D eigenvalue weighted by atomic mass is 79.9. The fourth-order valence-electron chi connectivity index (χ4n) is 1.87. The van der Waals surface area contributed by atoms with E-state index in [1.54, 1.807) is 11.3 Å². The highest BCUT2D eigenvalue weighted by molar-refractivity contribution is 9.10. The molecule has 0 atom stereocenters. The Morgan fingerprint density at radius 2 is 2.11 bits per heavy atom. The van der Waals surface area contributed by atoms with E-state index in [2.05, 4.69) is 45.4 Å².